The molecule has 0 aliphatic carbocycles. The molecule has 0 aromatic heterocycles. The minimum atomic E-state index is -3.36. The maximum Gasteiger partial charge on any atom is 0.182 e. The van der Waals surface area contributed by atoms with Crippen LogP contribution < -0.4 is 0 Å². The van der Waals surface area contributed by atoms with Gasteiger partial charge in [0, 0.05) is 0 Å². The Bertz CT molecular complexity index is 527. The molecule has 0 aliphatic rings. The molecule has 4 heteroatoms. The molecule has 0 saturated carbocycles. The van der Waals surface area contributed by atoms with Crippen LogP contribution in [0.3, 0.4) is 0 Å². The molecule has 1 rings (SSSR count). The largest absolute Gasteiger partial charge is 0.393 e. The molecule has 1 unspecified atom stereocenters. The SMILES string of the molecule is C=C(CC(O)C(C)C)CS(=O)(=O)c1ccc(C)cc1. The molecule has 106 valence electrons. The summed E-state index contributed by atoms with van der Waals surface area (Å²) in [5.41, 5.74) is 1.56. The molecule has 1 N–H and O–H groups in total. The molecule has 0 amide bonds. The summed E-state index contributed by atoms with van der Waals surface area (Å²) >= 11 is 0. The molecule has 0 fully saturated rings. The molecule has 1 aromatic rings. The van der Waals surface area contributed by atoms with Crippen LogP contribution >= 0.6 is 0 Å². The van der Waals surface area contributed by atoms with Crippen LogP contribution in [0.2, 0.25) is 0 Å². The van der Waals surface area contributed by atoms with Gasteiger partial charge in [-0.1, -0.05) is 43.7 Å². The zero-order valence-electron chi connectivity index (χ0n) is 11.8. The van der Waals surface area contributed by atoms with Crippen molar-refractivity contribution >= 4 is 9.84 Å². The van der Waals surface area contributed by atoms with Crippen molar-refractivity contribution in [3.63, 3.8) is 0 Å². The van der Waals surface area contributed by atoms with Crippen LogP contribution in [0.1, 0.15) is 25.8 Å². The zero-order valence-corrected chi connectivity index (χ0v) is 12.6. The zero-order chi connectivity index (χ0) is 14.6. The second-order valence-corrected chi connectivity index (χ2v) is 7.33. The van der Waals surface area contributed by atoms with Crippen LogP contribution in [0.25, 0.3) is 0 Å². The molecule has 3 nitrogen and oxygen atoms in total. The number of rotatable bonds is 6. The first-order valence-corrected chi connectivity index (χ1v) is 8.01. The highest BCUT2D eigenvalue weighted by molar-refractivity contribution is 7.91. The van der Waals surface area contributed by atoms with Crippen LogP contribution in [-0.4, -0.2) is 25.4 Å². The molecule has 19 heavy (non-hydrogen) atoms. The van der Waals surface area contributed by atoms with Crippen LogP contribution in [0.15, 0.2) is 41.3 Å². The molecule has 1 atom stereocenters. The van der Waals surface area contributed by atoms with Gasteiger partial charge in [-0.05, 0) is 31.4 Å². The second-order valence-electron chi connectivity index (χ2n) is 5.34. The molecule has 0 saturated heterocycles. The van der Waals surface area contributed by atoms with Gasteiger partial charge in [0.15, 0.2) is 9.84 Å². The first kappa shape index (κ1) is 15.9. The van der Waals surface area contributed by atoms with E-state index in [9.17, 15) is 13.5 Å². The van der Waals surface area contributed by atoms with Gasteiger partial charge in [-0.2, -0.15) is 0 Å². The van der Waals surface area contributed by atoms with Gasteiger partial charge in [0.05, 0.1) is 16.8 Å². The van der Waals surface area contributed by atoms with Gasteiger partial charge in [0.1, 0.15) is 0 Å². The maximum atomic E-state index is 12.2. The number of benzene rings is 1. The van der Waals surface area contributed by atoms with Crippen LogP contribution in [0, 0.1) is 12.8 Å². The van der Waals surface area contributed by atoms with Crippen molar-refractivity contribution in [2.75, 3.05) is 5.75 Å². The molecule has 0 heterocycles. The van der Waals surface area contributed by atoms with Crippen molar-refractivity contribution in [3.05, 3.63) is 42.0 Å². The number of hydrogen-bond acceptors (Lipinski definition) is 3. The van der Waals surface area contributed by atoms with Crippen molar-refractivity contribution in [1.82, 2.24) is 0 Å². The number of aryl methyl sites for hydroxylation is 1. The van der Waals surface area contributed by atoms with Crippen molar-refractivity contribution in [2.45, 2.75) is 38.2 Å². The Balaban J connectivity index is 2.75. The maximum absolute atomic E-state index is 12.2. The van der Waals surface area contributed by atoms with E-state index < -0.39 is 15.9 Å². The van der Waals surface area contributed by atoms with Crippen molar-refractivity contribution < 1.29 is 13.5 Å². The monoisotopic (exact) mass is 282 g/mol. The van der Waals surface area contributed by atoms with Crippen LogP contribution in [-0.2, 0) is 9.84 Å². The predicted molar refractivity (Wildman–Crippen MR) is 77.8 cm³/mol. The normalized spacial score (nSPS) is 13.5. The van der Waals surface area contributed by atoms with E-state index in [4.69, 9.17) is 0 Å². The third kappa shape index (κ3) is 4.80. The lowest BCUT2D eigenvalue weighted by molar-refractivity contribution is 0.126. The molecule has 0 aliphatic heterocycles. The fourth-order valence-corrected chi connectivity index (χ4v) is 3.06. The summed E-state index contributed by atoms with van der Waals surface area (Å²) in [5.74, 6) is -0.0151. The molecule has 1 aromatic carbocycles. The summed E-state index contributed by atoms with van der Waals surface area (Å²) in [6.45, 7) is 9.47. The van der Waals surface area contributed by atoms with E-state index in [0.717, 1.165) is 5.56 Å². The van der Waals surface area contributed by atoms with Gasteiger partial charge in [-0.15, -0.1) is 0 Å². The number of sulfone groups is 1. The van der Waals surface area contributed by atoms with E-state index in [0.29, 0.717) is 16.9 Å². The van der Waals surface area contributed by atoms with E-state index in [1.807, 2.05) is 20.8 Å². The average molecular weight is 282 g/mol. The number of aliphatic hydroxyl groups excluding tert-OH is 1. The standard InChI is InChI=1S/C15H22O3S/c1-11(2)15(16)9-13(4)10-19(17,18)14-7-5-12(3)6-8-14/h5-8,11,15-16H,4,9-10H2,1-3H3. The van der Waals surface area contributed by atoms with Gasteiger partial charge in [-0.3, -0.25) is 0 Å². The third-order valence-electron chi connectivity index (χ3n) is 3.04. The fraction of sp³-hybridized carbons (Fsp3) is 0.467. The Hall–Kier alpha value is -1.13. The Kier molecular flexibility index (Phi) is 5.32. The van der Waals surface area contributed by atoms with Gasteiger partial charge in [-0.25, -0.2) is 8.42 Å². The summed E-state index contributed by atoms with van der Waals surface area (Å²) < 4.78 is 24.3. The highest BCUT2D eigenvalue weighted by Gasteiger charge is 2.18. The first-order chi connectivity index (χ1) is 8.72. The number of aliphatic hydroxyl groups is 1. The fourth-order valence-electron chi connectivity index (χ4n) is 1.69. The van der Waals surface area contributed by atoms with Crippen LogP contribution in [0.4, 0.5) is 0 Å². The summed E-state index contributed by atoms with van der Waals surface area (Å²) in [4.78, 5) is 0.304. The van der Waals surface area contributed by atoms with E-state index in [1.54, 1.807) is 24.3 Å². The summed E-state index contributed by atoms with van der Waals surface area (Å²) in [7, 11) is -3.36. The lowest BCUT2D eigenvalue weighted by Crippen LogP contribution is -2.18. The molecular formula is C15H22O3S. The lowest BCUT2D eigenvalue weighted by atomic mass is 10.0. The van der Waals surface area contributed by atoms with E-state index in [2.05, 4.69) is 6.58 Å². The second kappa shape index (κ2) is 6.35. The van der Waals surface area contributed by atoms with Crippen molar-refractivity contribution in [2.24, 2.45) is 5.92 Å². The molecule has 0 spiro atoms. The Morgan fingerprint density at radius 2 is 1.79 bits per heavy atom. The van der Waals surface area contributed by atoms with Gasteiger partial charge in [0.25, 0.3) is 0 Å². The van der Waals surface area contributed by atoms with E-state index in [1.165, 1.54) is 0 Å². The minimum absolute atomic E-state index is 0.0961. The van der Waals surface area contributed by atoms with E-state index >= 15 is 0 Å². The molecule has 0 radical (unpaired) electrons. The van der Waals surface area contributed by atoms with Gasteiger partial charge in [0.2, 0.25) is 0 Å². The van der Waals surface area contributed by atoms with Crippen molar-refractivity contribution in [3.8, 4) is 0 Å². The smallest absolute Gasteiger partial charge is 0.182 e. The Morgan fingerprint density at radius 1 is 1.26 bits per heavy atom. The molecule has 0 bridgehead atoms. The summed E-state index contributed by atoms with van der Waals surface area (Å²) in [5, 5.41) is 9.74. The minimum Gasteiger partial charge on any atom is -0.393 e. The van der Waals surface area contributed by atoms with Gasteiger partial charge >= 0.3 is 0 Å². The average Bonchev–Trinajstić information content (AvgIpc) is 2.28. The topological polar surface area (TPSA) is 54.4 Å². The van der Waals surface area contributed by atoms with Gasteiger partial charge < -0.3 is 5.11 Å². The summed E-state index contributed by atoms with van der Waals surface area (Å²) in [6, 6.07) is 6.77. The summed E-state index contributed by atoms with van der Waals surface area (Å²) in [6.07, 6.45) is -0.219. The number of hydrogen-bond donors (Lipinski definition) is 1. The Labute approximate surface area is 115 Å². The van der Waals surface area contributed by atoms with E-state index in [-0.39, 0.29) is 11.7 Å². The third-order valence-corrected chi connectivity index (χ3v) is 4.82. The van der Waals surface area contributed by atoms with Crippen LogP contribution in [0.5, 0.6) is 0 Å². The van der Waals surface area contributed by atoms with Crippen molar-refractivity contribution in [1.29, 1.82) is 0 Å². The highest BCUT2D eigenvalue weighted by Crippen LogP contribution is 2.18. The molecular weight excluding hydrogens is 260 g/mol. The Morgan fingerprint density at radius 3 is 2.26 bits per heavy atom. The first-order valence-electron chi connectivity index (χ1n) is 6.36. The lowest BCUT2D eigenvalue weighted by Gasteiger charge is -2.16. The quantitative estimate of drug-likeness (QED) is 0.816. The predicted octanol–water partition coefficient (Wildman–Crippen LogP) is 2.73. The highest BCUT2D eigenvalue weighted by atomic mass is 32.2.